The first-order chi connectivity index (χ1) is 10.8. The van der Waals surface area contributed by atoms with Gasteiger partial charge in [-0.15, -0.1) is 0 Å². The van der Waals surface area contributed by atoms with Gasteiger partial charge >= 0.3 is 0 Å². The number of hydrogen-bond acceptors (Lipinski definition) is 5. The number of hydrogen-bond donors (Lipinski definition) is 2. The van der Waals surface area contributed by atoms with E-state index in [-0.39, 0.29) is 11.8 Å². The zero-order valence-electron chi connectivity index (χ0n) is 12.8. The maximum atomic E-state index is 12.3. The Kier molecular flexibility index (Phi) is 4.90. The standard InChI is InChI=1S/C16H24N4O2/c17-10-12-2-1-3-14(12)16(21)19-13-4-5-15(18-11-13)20-6-8-22-9-7-20/h4-5,11-12,14H,1-3,6-10,17H2,(H,19,21)/t12-,14-/m1/s1. The predicted molar refractivity (Wildman–Crippen MR) is 85.8 cm³/mol. The second-order valence-electron chi connectivity index (χ2n) is 6.03. The summed E-state index contributed by atoms with van der Waals surface area (Å²) in [5.41, 5.74) is 6.50. The van der Waals surface area contributed by atoms with Gasteiger partial charge in [-0.3, -0.25) is 4.79 Å². The molecule has 6 heteroatoms. The maximum Gasteiger partial charge on any atom is 0.227 e. The number of nitrogens with one attached hydrogen (secondary N) is 1. The average molecular weight is 304 g/mol. The van der Waals surface area contributed by atoms with Gasteiger partial charge in [0.05, 0.1) is 25.1 Å². The molecule has 1 saturated carbocycles. The molecule has 1 saturated heterocycles. The molecule has 1 aromatic rings. The van der Waals surface area contributed by atoms with Gasteiger partial charge in [-0.2, -0.15) is 0 Å². The van der Waals surface area contributed by atoms with E-state index in [4.69, 9.17) is 10.5 Å². The minimum atomic E-state index is 0.0453. The molecular weight excluding hydrogens is 280 g/mol. The van der Waals surface area contributed by atoms with Gasteiger partial charge in [-0.25, -0.2) is 4.98 Å². The lowest BCUT2D eigenvalue weighted by molar-refractivity contribution is -0.120. The summed E-state index contributed by atoms with van der Waals surface area (Å²) in [6.07, 6.45) is 4.82. The number of rotatable bonds is 4. The molecule has 3 N–H and O–H groups in total. The lowest BCUT2D eigenvalue weighted by Crippen LogP contribution is -2.36. The molecule has 0 unspecified atom stereocenters. The van der Waals surface area contributed by atoms with Crippen LogP contribution in [0.25, 0.3) is 0 Å². The normalized spacial score (nSPS) is 25.2. The number of morpholine rings is 1. The number of aromatic nitrogens is 1. The van der Waals surface area contributed by atoms with Crippen LogP contribution in [0.4, 0.5) is 11.5 Å². The Labute approximate surface area is 131 Å². The van der Waals surface area contributed by atoms with Crippen LogP contribution in [-0.4, -0.2) is 43.7 Å². The Morgan fingerprint density at radius 1 is 1.36 bits per heavy atom. The molecule has 2 aliphatic rings. The minimum Gasteiger partial charge on any atom is -0.378 e. The van der Waals surface area contributed by atoms with Crippen molar-refractivity contribution in [1.29, 1.82) is 0 Å². The molecular formula is C16H24N4O2. The molecule has 2 atom stereocenters. The van der Waals surface area contributed by atoms with E-state index in [0.29, 0.717) is 12.5 Å². The fraction of sp³-hybridized carbons (Fsp3) is 0.625. The third-order valence-electron chi connectivity index (χ3n) is 4.65. The van der Waals surface area contributed by atoms with E-state index in [9.17, 15) is 4.79 Å². The number of carbonyl (C=O) groups excluding carboxylic acids is 1. The van der Waals surface area contributed by atoms with E-state index >= 15 is 0 Å². The van der Waals surface area contributed by atoms with Crippen LogP contribution in [0, 0.1) is 11.8 Å². The lowest BCUT2D eigenvalue weighted by Gasteiger charge is -2.27. The highest BCUT2D eigenvalue weighted by molar-refractivity contribution is 5.92. The van der Waals surface area contributed by atoms with Crippen molar-refractivity contribution in [1.82, 2.24) is 4.98 Å². The Hall–Kier alpha value is -1.66. The summed E-state index contributed by atoms with van der Waals surface area (Å²) in [6.45, 7) is 3.79. The Morgan fingerprint density at radius 3 is 2.86 bits per heavy atom. The van der Waals surface area contributed by atoms with Crippen molar-refractivity contribution in [2.45, 2.75) is 19.3 Å². The SMILES string of the molecule is NC[C@H]1CCC[C@H]1C(=O)Nc1ccc(N2CCOCC2)nc1. The van der Waals surface area contributed by atoms with E-state index < -0.39 is 0 Å². The summed E-state index contributed by atoms with van der Waals surface area (Å²) in [5, 5.41) is 2.98. The first-order valence-corrected chi connectivity index (χ1v) is 8.07. The van der Waals surface area contributed by atoms with Crippen molar-refractivity contribution in [3.05, 3.63) is 18.3 Å². The van der Waals surface area contributed by atoms with Crippen molar-refractivity contribution < 1.29 is 9.53 Å². The molecule has 1 aliphatic heterocycles. The summed E-state index contributed by atoms with van der Waals surface area (Å²) < 4.78 is 5.34. The predicted octanol–water partition coefficient (Wildman–Crippen LogP) is 1.23. The third kappa shape index (κ3) is 3.39. The van der Waals surface area contributed by atoms with Crippen molar-refractivity contribution in [3.63, 3.8) is 0 Å². The third-order valence-corrected chi connectivity index (χ3v) is 4.65. The first kappa shape index (κ1) is 15.2. The fourth-order valence-corrected chi connectivity index (χ4v) is 3.34. The smallest absolute Gasteiger partial charge is 0.227 e. The topological polar surface area (TPSA) is 80.5 Å². The monoisotopic (exact) mass is 304 g/mol. The van der Waals surface area contributed by atoms with Gasteiger partial charge in [-0.1, -0.05) is 6.42 Å². The Morgan fingerprint density at radius 2 is 2.18 bits per heavy atom. The zero-order valence-corrected chi connectivity index (χ0v) is 12.8. The van der Waals surface area contributed by atoms with Gasteiger partial charge in [0.15, 0.2) is 0 Å². The highest BCUT2D eigenvalue weighted by Crippen LogP contribution is 2.31. The number of pyridine rings is 1. The maximum absolute atomic E-state index is 12.3. The van der Waals surface area contributed by atoms with Crippen molar-refractivity contribution in [2.75, 3.05) is 43.1 Å². The number of ether oxygens (including phenoxy) is 1. The van der Waals surface area contributed by atoms with E-state index in [1.807, 2.05) is 12.1 Å². The molecule has 6 nitrogen and oxygen atoms in total. The molecule has 120 valence electrons. The Balaban J connectivity index is 1.59. The molecule has 0 radical (unpaired) electrons. The second-order valence-corrected chi connectivity index (χ2v) is 6.03. The summed E-state index contributed by atoms with van der Waals surface area (Å²) in [5.74, 6) is 1.38. The highest BCUT2D eigenvalue weighted by Gasteiger charge is 2.31. The van der Waals surface area contributed by atoms with E-state index in [1.165, 1.54) is 0 Å². The fourth-order valence-electron chi connectivity index (χ4n) is 3.34. The molecule has 0 spiro atoms. The van der Waals surface area contributed by atoms with Gasteiger partial charge in [-0.05, 0) is 37.4 Å². The molecule has 0 bridgehead atoms. The van der Waals surface area contributed by atoms with Gasteiger partial charge in [0, 0.05) is 19.0 Å². The molecule has 1 amide bonds. The second kappa shape index (κ2) is 7.07. The molecule has 2 heterocycles. The summed E-state index contributed by atoms with van der Waals surface area (Å²) >= 11 is 0. The average Bonchev–Trinajstić information content (AvgIpc) is 3.05. The molecule has 1 aliphatic carbocycles. The van der Waals surface area contributed by atoms with E-state index in [0.717, 1.165) is 57.1 Å². The minimum absolute atomic E-state index is 0.0453. The van der Waals surface area contributed by atoms with E-state index in [1.54, 1.807) is 6.20 Å². The number of nitrogens with two attached hydrogens (primary N) is 1. The van der Waals surface area contributed by atoms with Gasteiger partial charge in [0.25, 0.3) is 0 Å². The summed E-state index contributed by atoms with van der Waals surface area (Å²) in [7, 11) is 0. The van der Waals surface area contributed by atoms with Crippen LogP contribution in [0.1, 0.15) is 19.3 Å². The van der Waals surface area contributed by atoms with E-state index in [2.05, 4.69) is 15.2 Å². The van der Waals surface area contributed by atoms with Crippen molar-refractivity contribution in [3.8, 4) is 0 Å². The molecule has 3 rings (SSSR count). The molecule has 22 heavy (non-hydrogen) atoms. The number of anilines is 2. The van der Waals surface area contributed by atoms with Crippen LogP contribution < -0.4 is 16.0 Å². The molecule has 1 aromatic heterocycles. The largest absolute Gasteiger partial charge is 0.378 e. The van der Waals surface area contributed by atoms with Crippen molar-refractivity contribution >= 4 is 17.4 Å². The van der Waals surface area contributed by atoms with Crippen LogP contribution in [0.3, 0.4) is 0 Å². The van der Waals surface area contributed by atoms with Crippen LogP contribution in [-0.2, 0) is 9.53 Å². The summed E-state index contributed by atoms with van der Waals surface area (Å²) in [4.78, 5) is 19.0. The van der Waals surface area contributed by atoms with Crippen LogP contribution in [0.5, 0.6) is 0 Å². The quantitative estimate of drug-likeness (QED) is 0.874. The van der Waals surface area contributed by atoms with Gasteiger partial charge in [0.1, 0.15) is 5.82 Å². The lowest BCUT2D eigenvalue weighted by atomic mass is 9.95. The van der Waals surface area contributed by atoms with Crippen LogP contribution >= 0.6 is 0 Å². The molecule has 0 aromatic carbocycles. The zero-order chi connectivity index (χ0) is 15.4. The first-order valence-electron chi connectivity index (χ1n) is 8.07. The van der Waals surface area contributed by atoms with Gasteiger partial charge in [0.2, 0.25) is 5.91 Å². The van der Waals surface area contributed by atoms with Crippen LogP contribution in [0.15, 0.2) is 18.3 Å². The van der Waals surface area contributed by atoms with Crippen molar-refractivity contribution in [2.24, 2.45) is 17.6 Å². The number of amides is 1. The number of carbonyl (C=O) groups is 1. The Bertz CT molecular complexity index is 499. The summed E-state index contributed by atoms with van der Waals surface area (Å²) in [6, 6.07) is 3.87. The number of nitrogens with zero attached hydrogens (tertiary/aromatic N) is 2. The molecule has 2 fully saturated rings. The highest BCUT2D eigenvalue weighted by atomic mass is 16.5. The van der Waals surface area contributed by atoms with Gasteiger partial charge < -0.3 is 20.7 Å². The van der Waals surface area contributed by atoms with Crippen LogP contribution in [0.2, 0.25) is 0 Å².